The largest absolute Gasteiger partial charge is 0.417 e. The minimum atomic E-state index is -4.79. The summed E-state index contributed by atoms with van der Waals surface area (Å²) in [6.45, 7) is 9.49. The number of alkyl halides is 3. The van der Waals surface area contributed by atoms with Crippen molar-refractivity contribution in [2.24, 2.45) is 23.7 Å². The number of amides is 12. The lowest BCUT2D eigenvalue weighted by Crippen LogP contribution is -2.65. The van der Waals surface area contributed by atoms with E-state index in [4.69, 9.17) is 11.6 Å². The van der Waals surface area contributed by atoms with Crippen LogP contribution in [-0.4, -0.2) is 266 Å². The molecule has 4 heterocycles. The molecule has 1 aromatic heterocycles. The first-order chi connectivity index (χ1) is 48.0. The smallest absolute Gasteiger partial charge is 0.343 e. The lowest BCUT2D eigenvalue weighted by atomic mass is 9.91. The van der Waals surface area contributed by atoms with Gasteiger partial charge in [0.05, 0.1) is 48.9 Å². The van der Waals surface area contributed by atoms with Crippen molar-refractivity contribution in [2.75, 3.05) is 88.6 Å². The van der Waals surface area contributed by atoms with Gasteiger partial charge in [-0.1, -0.05) is 109 Å². The summed E-state index contributed by atoms with van der Waals surface area (Å²) >= 11 is 6.18. The summed E-state index contributed by atoms with van der Waals surface area (Å²) in [7, 11) is 9.77. The SMILES string of the molecule is CC[C@H](C)[C@@H]1NC(=O)[C@H](CC(C)C)N(C)C(=O)C[C@@H](C(=O)N2CCCCC2)N(C)C(=O)[C@H](C(C)C)N(C)C(=O)C2(CCCC2)NC(=O)[C@@H]2C[C@@H](n3ccnn3)CN2C(=O)[C@H](CCc2ccc(C(F)(F)F)c(Cl)c2)NC(=O)CN(C)C(=O)[C@H](CC2CCCC2)N(C)C(=O)CN(C)C(=O)CN(C)C1=O. The first-order valence-electron chi connectivity index (χ1n) is 36.0. The van der Waals surface area contributed by atoms with E-state index in [0.29, 0.717) is 45.2 Å². The van der Waals surface area contributed by atoms with Crippen LogP contribution in [0.3, 0.4) is 0 Å². The first-order valence-corrected chi connectivity index (χ1v) is 36.4. The molecular weight excluding hydrogens is 1350 g/mol. The third-order valence-corrected chi connectivity index (χ3v) is 21.8. The quantitative estimate of drug-likeness (QED) is 0.263. The van der Waals surface area contributed by atoms with Crippen molar-refractivity contribution < 1.29 is 70.7 Å². The molecular formula is C71H107ClF3N15O12. The van der Waals surface area contributed by atoms with Gasteiger partial charge in [-0.15, -0.1) is 5.10 Å². The van der Waals surface area contributed by atoms with E-state index < -0.39 is 179 Å². The van der Waals surface area contributed by atoms with Crippen LogP contribution < -0.4 is 16.0 Å². The maximum absolute atomic E-state index is 15.6. The van der Waals surface area contributed by atoms with E-state index in [1.165, 1.54) is 90.8 Å². The van der Waals surface area contributed by atoms with Gasteiger partial charge in [-0.2, -0.15) is 13.2 Å². The van der Waals surface area contributed by atoms with Gasteiger partial charge in [0.25, 0.3) is 0 Å². The Morgan fingerprint density at radius 1 is 0.696 bits per heavy atom. The molecule has 0 unspecified atom stereocenters. The van der Waals surface area contributed by atoms with Crippen molar-refractivity contribution in [3.8, 4) is 0 Å². The summed E-state index contributed by atoms with van der Waals surface area (Å²) < 4.78 is 43.3. The van der Waals surface area contributed by atoms with Crippen molar-refractivity contribution in [1.29, 1.82) is 0 Å². The number of likely N-dealkylation sites (N-methyl/N-ethyl adjacent to an activating group) is 7. The molecule has 2 saturated carbocycles. The van der Waals surface area contributed by atoms with Crippen LogP contribution in [0.5, 0.6) is 0 Å². The summed E-state index contributed by atoms with van der Waals surface area (Å²) in [6.07, 6.45) is 4.41. The number of piperidine rings is 1. The number of hydrogen-bond acceptors (Lipinski definition) is 14. The molecule has 2 aromatic rings. The van der Waals surface area contributed by atoms with Crippen LogP contribution in [0.25, 0.3) is 0 Å². The van der Waals surface area contributed by atoms with E-state index in [2.05, 4.69) is 26.3 Å². The van der Waals surface area contributed by atoms with Crippen LogP contribution in [0.15, 0.2) is 30.6 Å². The second-order valence-electron chi connectivity index (χ2n) is 29.8. The van der Waals surface area contributed by atoms with E-state index in [1.807, 2.05) is 20.8 Å². The Bertz CT molecular complexity index is 3340. The number of nitrogens with one attached hydrogen (secondary N) is 3. The Kier molecular flexibility index (Phi) is 28.3. The molecule has 1 spiro atoms. The van der Waals surface area contributed by atoms with Gasteiger partial charge in [0.15, 0.2) is 0 Å². The average Bonchev–Trinajstić information content (AvgIpc) is 1.44. The zero-order valence-electron chi connectivity index (χ0n) is 61.6. The summed E-state index contributed by atoms with van der Waals surface area (Å²) in [5.41, 5.74) is -2.49. The van der Waals surface area contributed by atoms with Gasteiger partial charge >= 0.3 is 6.18 Å². The second kappa shape index (κ2) is 35.5. The van der Waals surface area contributed by atoms with Crippen LogP contribution in [0, 0.1) is 23.7 Å². The van der Waals surface area contributed by atoms with Gasteiger partial charge < -0.3 is 60.0 Å². The molecule has 5 fully saturated rings. The fourth-order valence-electron chi connectivity index (χ4n) is 15.0. The lowest BCUT2D eigenvalue weighted by molar-refractivity contribution is -0.156. The highest BCUT2D eigenvalue weighted by Crippen LogP contribution is 2.38. The molecule has 3 aliphatic heterocycles. The monoisotopic (exact) mass is 1450 g/mol. The van der Waals surface area contributed by atoms with Crippen molar-refractivity contribution in [3.63, 3.8) is 0 Å². The zero-order chi connectivity index (χ0) is 75.4. The molecule has 3 N–H and O–H groups in total. The zero-order valence-corrected chi connectivity index (χ0v) is 62.3. The number of aromatic nitrogens is 3. The summed E-state index contributed by atoms with van der Waals surface area (Å²) in [4.78, 5) is 191. The Morgan fingerprint density at radius 2 is 1.32 bits per heavy atom. The summed E-state index contributed by atoms with van der Waals surface area (Å²) in [5, 5.41) is 16.2. The van der Waals surface area contributed by atoms with Crippen LogP contribution in [0.1, 0.15) is 168 Å². The number of rotatable bonds is 12. The number of likely N-dealkylation sites (tertiary alicyclic amines) is 1. The molecule has 5 aliphatic rings. The Balaban J connectivity index is 1.31. The standard InChI is InChI=1S/C71H107ClF3N15O12/c1-14-45(6)60-67(100)83(9)41-58(93)81(7)42-59(94)85(11)54(36-46-22-16-17-23-46)65(98)82(8)40-56(91)77-51(27-25-47-24-26-49(50(72)35-47)71(73,74)75)64(97)89-39-48(90-33-30-76-80-90)37-53(89)63(96)79-70(28-18-19-29-70)69(102)87(13)61(44(4)5)68(101)86(12)55(66(99)88-31-20-15-21-32-88)38-57(92)84(10)52(34-43(2)3)62(95)78-60/h24,26,30,33,35,43-46,48,51-55,60-61H,14-23,25,27-29,31-32,34,36-42H2,1-13H3,(H,77,91)(H,78,95)(H,79,96)/t45-,48+,51-,52-,53-,54-,55-,60-,61-/m0/s1. The topological polar surface area (TPSA) is 301 Å². The van der Waals surface area contributed by atoms with E-state index in [9.17, 15) is 46.7 Å². The number of halogens is 4. The number of nitrogens with zero attached hydrogens (tertiary/aromatic N) is 12. The minimum Gasteiger partial charge on any atom is -0.343 e. The molecule has 2 aliphatic carbocycles. The molecule has 0 bridgehead atoms. The van der Waals surface area contributed by atoms with Gasteiger partial charge in [0.2, 0.25) is 70.9 Å². The van der Waals surface area contributed by atoms with Crippen molar-refractivity contribution in [3.05, 3.63) is 46.7 Å². The average molecular weight is 1460 g/mol. The molecule has 566 valence electrons. The molecule has 7 rings (SSSR count). The Morgan fingerprint density at radius 3 is 1.91 bits per heavy atom. The minimum absolute atomic E-state index is 0.00697. The Labute approximate surface area is 601 Å². The van der Waals surface area contributed by atoms with Gasteiger partial charge in [-0.3, -0.25) is 57.5 Å². The summed E-state index contributed by atoms with van der Waals surface area (Å²) in [5.74, 6) is -9.58. The van der Waals surface area contributed by atoms with Crippen LogP contribution in [-0.2, 0) is 70.1 Å². The third-order valence-electron chi connectivity index (χ3n) is 21.5. The van der Waals surface area contributed by atoms with Gasteiger partial charge in [0, 0.05) is 81.6 Å². The number of carbonyl (C=O) groups excluding carboxylic acids is 12. The number of fused-ring (bicyclic) bond motifs is 1. The molecule has 27 nitrogen and oxygen atoms in total. The molecule has 102 heavy (non-hydrogen) atoms. The maximum Gasteiger partial charge on any atom is 0.417 e. The number of benzene rings is 1. The fourth-order valence-corrected chi connectivity index (χ4v) is 15.4. The van der Waals surface area contributed by atoms with E-state index in [-0.39, 0.29) is 68.9 Å². The lowest BCUT2D eigenvalue weighted by Gasteiger charge is -2.42. The maximum atomic E-state index is 15.6. The summed E-state index contributed by atoms with van der Waals surface area (Å²) in [6, 6.07) is -6.80. The molecule has 12 amide bonds. The van der Waals surface area contributed by atoms with Crippen molar-refractivity contribution in [2.45, 2.75) is 217 Å². The first kappa shape index (κ1) is 81.4. The Hall–Kier alpha value is -7.92. The van der Waals surface area contributed by atoms with Crippen molar-refractivity contribution >= 4 is 82.5 Å². The highest BCUT2D eigenvalue weighted by atomic mass is 35.5. The van der Waals surface area contributed by atoms with E-state index in [0.717, 1.165) is 58.9 Å². The van der Waals surface area contributed by atoms with Crippen LogP contribution >= 0.6 is 11.6 Å². The molecule has 31 heteroatoms. The molecule has 3 saturated heterocycles. The van der Waals surface area contributed by atoms with E-state index in [1.54, 1.807) is 31.9 Å². The predicted molar refractivity (Wildman–Crippen MR) is 372 cm³/mol. The number of carbonyl (C=O) groups is 12. The van der Waals surface area contributed by atoms with Crippen molar-refractivity contribution in [1.82, 2.24) is 75.0 Å². The highest BCUT2D eigenvalue weighted by molar-refractivity contribution is 6.31. The van der Waals surface area contributed by atoms with Crippen LogP contribution in [0.2, 0.25) is 5.02 Å². The number of aryl methyl sites for hydroxylation is 1. The molecule has 0 radical (unpaired) electrons. The number of hydrogen-bond donors (Lipinski definition) is 3. The normalized spacial score (nSPS) is 26.2. The van der Waals surface area contributed by atoms with Gasteiger partial charge in [0.1, 0.15) is 47.8 Å². The second-order valence-corrected chi connectivity index (χ2v) is 30.2. The molecule has 9 atom stereocenters. The van der Waals surface area contributed by atoms with Crippen LogP contribution in [0.4, 0.5) is 13.2 Å². The van der Waals surface area contributed by atoms with Gasteiger partial charge in [-0.25, -0.2) is 4.68 Å². The third kappa shape index (κ3) is 19.9. The molecule has 1 aromatic carbocycles. The van der Waals surface area contributed by atoms with E-state index >= 15 is 24.0 Å². The predicted octanol–water partition coefficient (Wildman–Crippen LogP) is 4.55. The highest BCUT2D eigenvalue weighted by Gasteiger charge is 2.52. The fraction of sp³-hybridized carbons (Fsp3) is 0.718. The van der Waals surface area contributed by atoms with Gasteiger partial charge in [-0.05, 0) is 99.2 Å².